The molecule has 3 heteroatoms. The number of pyridine rings is 1. The van der Waals surface area contributed by atoms with Crippen LogP contribution in [-0.4, -0.2) is 11.0 Å². The van der Waals surface area contributed by atoms with Crippen LogP contribution in [0.4, 0.5) is 0 Å². The van der Waals surface area contributed by atoms with Crippen molar-refractivity contribution in [2.45, 2.75) is 90.9 Å². The molecular formula is C22H35NO2. The third-order valence-electron chi connectivity index (χ3n) is 5.49. The summed E-state index contributed by atoms with van der Waals surface area (Å²) >= 11 is 0. The van der Waals surface area contributed by atoms with Gasteiger partial charge < -0.3 is 4.74 Å². The van der Waals surface area contributed by atoms with Crippen molar-refractivity contribution in [1.82, 2.24) is 4.98 Å². The number of carbonyl (C=O) groups excluding carboxylic acids is 1. The molecule has 1 aliphatic rings. The fraction of sp³-hybridized carbons (Fsp3) is 0.727. The first-order valence-corrected chi connectivity index (χ1v) is 10.4. The maximum atomic E-state index is 11.7. The number of hydrogen-bond donors (Lipinski definition) is 0. The Bertz CT molecular complexity index is 489. The lowest BCUT2D eigenvalue weighted by Gasteiger charge is -2.28. The number of ether oxygens (including phenoxy) is 1. The molecule has 1 saturated carbocycles. The van der Waals surface area contributed by atoms with E-state index in [-0.39, 0.29) is 5.97 Å². The Hall–Kier alpha value is -1.38. The smallest absolute Gasteiger partial charge is 0.311 e. The summed E-state index contributed by atoms with van der Waals surface area (Å²) < 4.78 is 5.34. The minimum atomic E-state index is -0.146. The summed E-state index contributed by atoms with van der Waals surface area (Å²) in [5.74, 6) is 2.27. The first kappa shape index (κ1) is 19.9. The number of hydrogen-bond acceptors (Lipinski definition) is 3. The molecule has 25 heavy (non-hydrogen) atoms. The van der Waals surface area contributed by atoms with Crippen molar-refractivity contribution >= 4 is 5.97 Å². The van der Waals surface area contributed by atoms with E-state index in [4.69, 9.17) is 4.74 Å². The van der Waals surface area contributed by atoms with Crippen molar-refractivity contribution in [2.75, 3.05) is 0 Å². The van der Waals surface area contributed by atoms with Crippen LogP contribution in [0.5, 0.6) is 5.75 Å². The van der Waals surface area contributed by atoms with Crippen LogP contribution in [0.15, 0.2) is 18.3 Å². The highest BCUT2D eigenvalue weighted by Crippen LogP contribution is 2.33. The summed E-state index contributed by atoms with van der Waals surface area (Å²) in [6.07, 6.45) is 15.9. The van der Waals surface area contributed by atoms with E-state index in [1.54, 1.807) is 6.20 Å². The zero-order chi connectivity index (χ0) is 17.9. The molecule has 1 aromatic heterocycles. The van der Waals surface area contributed by atoms with Gasteiger partial charge in [-0.15, -0.1) is 0 Å². The highest BCUT2D eigenvalue weighted by atomic mass is 16.5. The molecule has 0 atom stereocenters. The second-order valence-corrected chi connectivity index (χ2v) is 7.63. The van der Waals surface area contributed by atoms with Gasteiger partial charge in [-0.2, -0.15) is 0 Å². The maximum absolute atomic E-state index is 11.7. The van der Waals surface area contributed by atoms with Crippen LogP contribution in [-0.2, 0) is 11.2 Å². The Morgan fingerprint density at radius 2 is 1.76 bits per heavy atom. The molecule has 1 heterocycles. The lowest BCUT2D eigenvalue weighted by atomic mass is 9.78. The lowest BCUT2D eigenvalue weighted by Crippen LogP contribution is -2.15. The molecule has 0 N–H and O–H groups in total. The second-order valence-electron chi connectivity index (χ2n) is 7.63. The summed E-state index contributed by atoms with van der Waals surface area (Å²) in [5.41, 5.74) is 1.11. The van der Waals surface area contributed by atoms with Crippen LogP contribution >= 0.6 is 0 Å². The van der Waals surface area contributed by atoms with Gasteiger partial charge in [0.2, 0.25) is 0 Å². The number of nitrogens with zero attached hydrogens (tertiary/aromatic N) is 1. The van der Waals surface area contributed by atoms with E-state index in [1.165, 1.54) is 44.9 Å². The molecule has 1 aliphatic carbocycles. The zero-order valence-corrected chi connectivity index (χ0v) is 16.1. The monoisotopic (exact) mass is 345 g/mol. The largest absolute Gasteiger partial charge is 0.425 e. The molecule has 3 nitrogen and oxygen atoms in total. The van der Waals surface area contributed by atoms with E-state index in [1.807, 2.05) is 12.1 Å². The molecule has 0 radical (unpaired) electrons. The van der Waals surface area contributed by atoms with E-state index in [2.05, 4.69) is 18.8 Å². The SMILES string of the molecule is CCCCCC(=O)Oc1ccc(CC[C@H]2CC[C@H](CCC)CC2)nc1. The van der Waals surface area contributed by atoms with Crippen molar-refractivity contribution in [3.63, 3.8) is 0 Å². The fourth-order valence-electron chi connectivity index (χ4n) is 3.89. The minimum absolute atomic E-state index is 0.146. The molecule has 140 valence electrons. The summed E-state index contributed by atoms with van der Waals surface area (Å²) in [6.45, 7) is 4.43. The van der Waals surface area contributed by atoms with Gasteiger partial charge in [0, 0.05) is 12.1 Å². The average Bonchev–Trinajstić information content (AvgIpc) is 2.63. The first-order valence-electron chi connectivity index (χ1n) is 10.4. The normalized spacial score (nSPS) is 20.4. The minimum Gasteiger partial charge on any atom is -0.425 e. The third-order valence-corrected chi connectivity index (χ3v) is 5.49. The first-order chi connectivity index (χ1) is 12.2. The van der Waals surface area contributed by atoms with E-state index < -0.39 is 0 Å². The van der Waals surface area contributed by atoms with E-state index >= 15 is 0 Å². The van der Waals surface area contributed by atoms with E-state index in [9.17, 15) is 4.79 Å². The molecule has 0 aromatic carbocycles. The van der Waals surface area contributed by atoms with E-state index in [0.29, 0.717) is 12.2 Å². The molecule has 1 aromatic rings. The molecular weight excluding hydrogens is 310 g/mol. The summed E-state index contributed by atoms with van der Waals surface area (Å²) in [7, 11) is 0. The van der Waals surface area contributed by atoms with Crippen molar-refractivity contribution in [1.29, 1.82) is 0 Å². The van der Waals surface area contributed by atoms with Gasteiger partial charge >= 0.3 is 5.97 Å². The quantitative estimate of drug-likeness (QED) is 0.379. The van der Waals surface area contributed by atoms with Gasteiger partial charge in [-0.25, -0.2) is 0 Å². The van der Waals surface area contributed by atoms with E-state index in [0.717, 1.165) is 43.2 Å². The molecule has 2 rings (SSSR count). The van der Waals surface area contributed by atoms with Crippen molar-refractivity contribution in [3.05, 3.63) is 24.0 Å². The van der Waals surface area contributed by atoms with Gasteiger partial charge in [0.05, 0.1) is 6.20 Å². The Morgan fingerprint density at radius 3 is 2.36 bits per heavy atom. The number of unbranched alkanes of at least 4 members (excludes halogenated alkanes) is 2. The number of esters is 1. The Balaban J connectivity index is 1.67. The molecule has 0 amide bonds. The number of rotatable bonds is 10. The van der Waals surface area contributed by atoms with Gasteiger partial charge in [0.1, 0.15) is 5.75 Å². The Labute approximate surface area is 153 Å². The van der Waals surface area contributed by atoms with Crippen molar-refractivity contribution in [2.24, 2.45) is 11.8 Å². The molecule has 0 bridgehead atoms. The molecule has 1 fully saturated rings. The topological polar surface area (TPSA) is 39.2 Å². The number of aromatic nitrogens is 1. The van der Waals surface area contributed by atoms with Gasteiger partial charge in [0.25, 0.3) is 0 Å². The molecule has 0 spiro atoms. The van der Waals surface area contributed by atoms with Crippen LogP contribution in [0.2, 0.25) is 0 Å². The third kappa shape index (κ3) is 7.58. The van der Waals surface area contributed by atoms with Crippen molar-refractivity contribution < 1.29 is 9.53 Å². The van der Waals surface area contributed by atoms with Gasteiger partial charge in [-0.1, -0.05) is 65.2 Å². The highest BCUT2D eigenvalue weighted by molar-refractivity contribution is 5.72. The highest BCUT2D eigenvalue weighted by Gasteiger charge is 2.20. The Kier molecular flexibility index (Phi) is 8.99. The predicted octanol–water partition coefficient (Wildman–Crippen LogP) is 6.11. The van der Waals surface area contributed by atoms with Gasteiger partial charge in [-0.3, -0.25) is 9.78 Å². The van der Waals surface area contributed by atoms with Crippen LogP contribution in [0.1, 0.15) is 90.2 Å². The summed E-state index contributed by atoms with van der Waals surface area (Å²) in [4.78, 5) is 16.2. The second kappa shape index (κ2) is 11.3. The summed E-state index contributed by atoms with van der Waals surface area (Å²) in [6, 6.07) is 3.90. The maximum Gasteiger partial charge on any atom is 0.311 e. The molecule has 0 saturated heterocycles. The lowest BCUT2D eigenvalue weighted by molar-refractivity contribution is -0.134. The standard InChI is InChI=1S/C22H35NO2/c1-3-5-6-8-22(24)25-21-16-15-20(23-17-21)14-13-19-11-9-18(7-4-2)10-12-19/h15-19H,3-14H2,1-2H3/t18-,19-. The fourth-order valence-corrected chi connectivity index (χ4v) is 3.89. The van der Waals surface area contributed by atoms with Crippen molar-refractivity contribution in [3.8, 4) is 5.75 Å². The summed E-state index contributed by atoms with van der Waals surface area (Å²) in [5, 5.41) is 0. The predicted molar refractivity (Wildman–Crippen MR) is 103 cm³/mol. The van der Waals surface area contributed by atoms with Crippen LogP contribution < -0.4 is 4.74 Å². The van der Waals surface area contributed by atoms with Gasteiger partial charge in [0.15, 0.2) is 0 Å². The zero-order valence-electron chi connectivity index (χ0n) is 16.1. The number of aryl methyl sites for hydroxylation is 1. The van der Waals surface area contributed by atoms with Crippen LogP contribution in [0.25, 0.3) is 0 Å². The van der Waals surface area contributed by atoms with Crippen LogP contribution in [0.3, 0.4) is 0 Å². The number of carbonyl (C=O) groups is 1. The Morgan fingerprint density at radius 1 is 1.04 bits per heavy atom. The average molecular weight is 346 g/mol. The molecule has 0 aliphatic heterocycles. The van der Waals surface area contributed by atoms with Crippen LogP contribution in [0, 0.1) is 11.8 Å². The molecule has 0 unspecified atom stereocenters. The van der Waals surface area contributed by atoms with Gasteiger partial charge in [-0.05, 0) is 43.2 Å².